The molecule has 1 fully saturated rings. The molecule has 1 aromatic heterocycles. The summed E-state index contributed by atoms with van der Waals surface area (Å²) in [5, 5.41) is 7.81. The van der Waals surface area contributed by atoms with Crippen molar-refractivity contribution in [3.8, 4) is 5.75 Å². The molecule has 6 heteroatoms. The Morgan fingerprint density at radius 1 is 1.40 bits per heavy atom. The van der Waals surface area contributed by atoms with Crippen molar-refractivity contribution in [1.29, 1.82) is 0 Å². The molecule has 1 heterocycles. The molecule has 0 unspecified atom stereocenters. The Bertz CT molecular complexity index is 731. The second-order valence-electron chi connectivity index (χ2n) is 6.85. The summed E-state index contributed by atoms with van der Waals surface area (Å²) < 4.78 is 7.28. The predicted octanol–water partition coefficient (Wildman–Crippen LogP) is 4.13. The summed E-state index contributed by atoms with van der Waals surface area (Å²) in [6.07, 6.45) is 6.71. The van der Waals surface area contributed by atoms with Gasteiger partial charge >= 0.3 is 0 Å². The fourth-order valence-electron chi connectivity index (χ4n) is 3.31. The zero-order valence-electron chi connectivity index (χ0n) is 14.6. The first-order valence-corrected chi connectivity index (χ1v) is 9.12. The van der Waals surface area contributed by atoms with Crippen LogP contribution in [0.3, 0.4) is 0 Å². The molecule has 1 N–H and O–H groups in total. The minimum absolute atomic E-state index is 0.0430. The molecule has 1 aliphatic carbocycles. The first kappa shape index (κ1) is 17.8. The van der Waals surface area contributed by atoms with E-state index in [1.807, 2.05) is 18.2 Å². The molecular formula is C19H24ClN3O2. The van der Waals surface area contributed by atoms with Crippen molar-refractivity contribution in [3.63, 3.8) is 0 Å². The third-order valence-electron chi connectivity index (χ3n) is 5.08. The van der Waals surface area contributed by atoms with Gasteiger partial charge in [0.2, 0.25) is 0 Å². The van der Waals surface area contributed by atoms with Gasteiger partial charge in [0.15, 0.2) is 6.73 Å². The summed E-state index contributed by atoms with van der Waals surface area (Å²) in [7, 11) is 0. The van der Waals surface area contributed by atoms with Crippen LogP contribution in [-0.2, 0) is 6.73 Å². The summed E-state index contributed by atoms with van der Waals surface area (Å²) in [6, 6.07) is 7.47. The standard InChI is InChI=1S/C19H24ClN3O2/c1-13-5-3-8-18(14(13)2)22-19(24)15-6-4-7-17(9-15)25-12-23-11-16(20)10-21-23/h4,6-7,9-11,13-14,18H,3,5,8,12H2,1-2H3,(H,22,24)/t13-,14+,18+/m0/s1. The van der Waals surface area contributed by atoms with Crippen molar-refractivity contribution in [1.82, 2.24) is 15.1 Å². The number of nitrogens with one attached hydrogen (secondary N) is 1. The number of aromatic nitrogens is 2. The van der Waals surface area contributed by atoms with Gasteiger partial charge in [0, 0.05) is 17.8 Å². The number of rotatable bonds is 5. The smallest absolute Gasteiger partial charge is 0.251 e. The molecule has 2 aromatic rings. The molecule has 0 spiro atoms. The average Bonchev–Trinajstić information content (AvgIpc) is 3.03. The molecule has 0 bridgehead atoms. The first-order valence-electron chi connectivity index (χ1n) is 8.74. The van der Waals surface area contributed by atoms with Crippen molar-refractivity contribution < 1.29 is 9.53 Å². The number of hydrogen-bond acceptors (Lipinski definition) is 3. The lowest BCUT2D eigenvalue weighted by Crippen LogP contribution is -2.43. The molecule has 1 amide bonds. The van der Waals surface area contributed by atoms with Crippen LogP contribution in [0.5, 0.6) is 5.75 Å². The van der Waals surface area contributed by atoms with Gasteiger partial charge in [-0.3, -0.25) is 4.79 Å². The molecule has 0 aliphatic heterocycles. The highest BCUT2D eigenvalue weighted by Gasteiger charge is 2.28. The van der Waals surface area contributed by atoms with Crippen LogP contribution < -0.4 is 10.1 Å². The van der Waals surface area contributed by atoms with Gasteiger partial charge < -0.3 is 10.1 Å². The van der Waals surface area contributed by atoms with Crippen LogP contribution >= 0.6 is 11.6 Å². The van der Waals surface area contributed by atoms with Crippen molar-refractivity contribution in [2.24, 2.45) is 11.8 Å². The minimum atomic E-state index is -0.0430. The van der Waals surface area contributed by atoms with Gasteiger partial charge in [0.1, 0.15) is 5.75 Å². The molecule has 25 heavy (non-hydrogen) atoms. The van der Waals surface area contributed by atoms with Gasteiger partial charge in [-0.15, -0.1) is 0 Å². The SMILES string of the molecule is C[C@@H]1[C@@H](C)CCC[C@H]1NC(=O)c1cccc(OCn2cc(Cl)cn2)c1. The normalized spacial score (nSPS) is 23.2. The number of carbonyl (C=O) groups is 1. The molecule has 1 aromatic carbocycles. The second kappa shape index (κ2) is 7.91. The first-order chi connectivity index (χ1) is 12.0. The number of halogens is 1. The Hall–Kier alpha value is -2.01. The zero-order valence-corrected chi connectivity index (χ0v) is 15.4. The summed E-state index contributed by atoms with van der Waals surface area (Å²) in [6.45, 7) is 4.73. The van der Waals surface area contributed by atoms with E-state index in [9.17, 15) is 4.79 Å². The highest BCUT2D eigenvalue weighted by Crippen LogP contribution is 2.29. The summed E-state index contributed by atoms with van der Waals surface area (Å²) in [5.74, 6) is 1.74. The number of nitrogens with zero attached hydrogens (tertiary/aromatic N) is 2. The number of ether oxygens (including phenoxy) is 1. The van der Waals surface area contributed by atoms with Gasteiger partial charge in [0.05, 0.1) is 11.2 Å². The van der Waals surface area contributed by atoms with Gasteiger partial charge in [0.25, 0.3) is 5.91 Å². The lowest BCUT2D eigenvalue weighted by molar-refractivity contribution is 0.0890. The van der Waals surface area contributed by atoms with Crippen LogP contribution in [0.15, 0.2) is 36.7 Å². The van der Waals surface area contributed by atoms with Gasteiger partial charge in [-0.1, -0.05) is 44.4 Å². The molecule has 3 rings (SSSR count). The molecule has 1 aliphatic rings. The van der Waals surface area contributed by atoms with Crippen LogP contribution in [0.25, 0.3) is 0 Å². The molecule has 3 atom stereocenters. The highest BCUT2D eigenvalue weighted by atomic mass is 35.5. The van der Waals surface area contributed by atoms with E-state index in [2.05, 4.69) is 24.3 Å². The lowest BCUT2D eigenvalue weighted by atomic mass is 9.78. The summed E-state index contributed by atoms with van der Waals surface area (Å²) in [4.78, 5) is 12.6. The van der Waals surface area contributed by atoms with Crippen molar-refractivity contribution in [2.75, 3.05) is 0 Å². The molecule has 0 saturated heterocycles. The Balaban J connectivity index is 1.61. The Morgan fingerprint density at radius 2 is 2.24 bits per heavy atom. The Morgan fingerprint density at radius 3 is 3.00 bits per heavy atom. The number of hydrogen-bond donors (Lipinski definition) is 1. The van der Waals surface area contributed by atoms with E-state index in [-0.39, 0.29) is 18.7 Å². The summed E-state index contributed by atoms with van der Waals surface area (Å²) >= 11 is 5.83. The van der Waals surface area contributed by atoms with Crippen LogP contribution in [0.4, 0.5) is 0 Å². The highest BCUT2D eigenvalue weighted by molar-refractivity contribution is 6.30. The van der Waals surface area contributed by atoms with E-state index >= 15 is 0 Å². The Labute approximate surface area is 153 Å². The lowest BCUT2D eigenvalue weighted by Gasteiger charge is -2.34. The van der Waals surface area contributed by atoms with E-state index in [1.165, 1.54) is 12.8 Å². The molecule has 1 saturated carbocycles. The van der Waals surface area contributed by atoms with E-state index in [0.717, 1.165) is 6.42 Å². The molecule has 5 nitrogen and oxygen atoms in total. The van der Waals surface area contributed by atoms with Gasteiger partial charge in [-0.25, -0.2) is 4.68 Å². The fourth-order valence-corrected chi connectivity index (χ4v) is 3.47. The number of amides is 1. The average molecular weight is 362 g/mol. The van der Waals surface area contributed by atoms with E-state index in [4.69, 9.17) is 16.3 Å². The van der Waals surface area contributed by atoms with Crippen LogP contribution in [0, 0.1) is 11.8 Å². The maximum Gasteiger partial charge on any atom is 0.251 e. The second-order valence-corrected chi connectivity index (χ2v) is 7.28. The van der Waals surface area contributed by atoms with Gasteiger partial charge in [-0.05, 0) is 36.5 Å². The van der Waals surface area contributed by atoms with Crippen LogP contribution in [0.2, 0.25) is 5.02 Å². The zero-order chi connectivity index (χ0) is 17.8. The van der Waals surface area contributed by atoms with Crippen LogP contribution in [0.1, 0.15) is 43.5 Å². The summed E-state index contributed by atoms with van der Waals surface area (Å²) in [5.41, 5.74) is 0.612. The van der Waals surface area contributed by atoms with Crippen LogP contribution in [-0.4, -0.2) is 21.7 Å². The van der Waals surface area contributed by atoms with Crippen molar-refractivity contribution >= 4 is 17.5 Å². The molecular weight excluding hydrogens is 338 g/mol. The largest absolute Gasteiger partial charge is 0.471 e. The Kier molecular flexibility index (Phi) is 5.63. The quantitative estimate of drug-likeness (QED) is 0.871. The molecule has 134 valence electrons. The number of benzene rings is 1. The predicted molar refractivity (Wildman–Crippen MR) is 97.7 cm³/mol. The van der Waals surface area contributed by atoms with E-state index in [0.29, 0.717) is 28.2 Å². The van der Waals surface area contributed by atoms with E-state index in [1.54, 1.807) is 23.1 Å². The number of carbonyl (C=O) groups excluding carboxylic acids is 1. The monoisotopic (exact) mass is 361 g/mol. The molecule has 0 radical (unpaired) electrons. The topological polar surface area (TPSA) is 56.1 Å². The fraction of sp³-hybridized carbons (Fsp3) is 0.474. The van der Waals surface area contributed by atoms with E-state index < -0.39 is 0 Å². The van der Waals surface area contributed by atoms with Crippen molar-refractivity contribution in [2.45, 2.75) is 45.9 Å². The third-order valence-corrected chi connectivity index (χ3v) is 5.28. The van der Waals surface area contributed by atoms with Gasteiger partial charge in [-0.2, -0.15) is 5.10 Å². The van der Waals surface area contributed by atoms with Crippen molar-refractivity contribution in [3.05, 3.63) is 47.2 Å². The minimum Gasteiger partial charge on any atom is -0.471 e. The maximum atomic E-state index is 12.6. The maximum absolute atomic E-state index is 12.6. The third kappa shape index (κ3) is 4.54.